The van der Waals surface area contributed by atoms with Gasteiger partial charge in [0.2, 0.25) is 5.82 Å². The highest BCUT2D eigenvalue weighted by Crippen LogP contribution is 2.23. The van der Waals surface area contributed by atoms with Crippen LogP contribution in [0.3, 0.4) is 0 Å². The molecule has 2 aromatic rings. The quantitative estimate of drug-likeness (QED) is 0.789. The zero-order valence-corrected chi connectivity index (χ0v) is 9.78. The van der Waals surface area contributed by atoms with E-state index in [1.165, 1.54) is 12.5 Å². The predicted molar refractivity (Wildman–Crippen MR) is 60.7 cm³/mol. The Hall–Kier alpha value is -1.75. The van der Waals surface area contributed by atoms with Crippen molar-refractivity contribution in [1.82, 2.24) is 15.0 Å². The van der Waals surface area contributed by atoms with Gasteiger partial charge in [0.05, 0.1) is 11.9 Å². The number of aromatic nitrogens is 3. The first-order valence-electron chi connectivity index (χ1n) is 4.99. The largest absolute Gasteiger partial charge is 0.435 e. The van der Waals surface area contributed by atoms with Crippen molar-refractivity contribution in [2.75, 3.05) is 0 Å². The molecule has 0 aliphatic heterocycles. The van der Waals surface area contributed by atoms with E-state index in [0.717, 1.165) is 0 Å². The molecule has 0 aliphatic carbocycles. The van der Waals surface area contributed by atoms with Crippen molar-refractivity contribution in [1.29, 1.82) is 0 Å². The van der Waals surface area contributed by atoms with Crippen LogP contribution in [-0.4, -0.2) is 15.0 Å². The summed E-state index contributed by atoms with van der Waals surface area (Å²) < 4.78 is 19.0. The third-order valence-corrected chi connectivity index (χ3v) is 2.30. The van der Waals surface area contributed by atoms with Crippen LogP contribution in [0.2, 0.25) is 5.15 Å². The minimum absolute atomic E-state index is 0.110. The van der Waals surface area contributed by atoms with E-state index in [0.29, 0.717) is 23.0 Å². The van der Waals surface area contributed by atoms with Crippen molar-refractivity contribution < 1.29 is 9.13 Å². The second kappa shape index (κ2) is 5.05. The lowest BCUT2D eigenvalue weighted by Gasteiger charge is -2.06. The van der Waals surface area contributed by atoms with Crippen LogP contribution >= 0.6 is 11.6 Å². The monoisotopic (exact) mass is 253 g/mol. The molecule has 6 heteroatoms. The topological polar surface area (TPSA) is 47.9 Å². The molecule has 0 atom stereocenters. The highest BCUT2D eigenvalue weighted by Gasteiger charge is 2.11. The summed E-state index contributed by atoms with van der Waals surface area (Å²) in [5, 5.41) is 0.342. The summed E-state index contributed by atoms with van der Waals surface area (Å²) in [6.07, 6.45) is 3.14. The van der Waals surface area contributed by atoms with Crippen molar-refractivity contribution >= 4 is 11.6 Å². The molecule has 0 bridgehead atoms. The lowest BCUT2D eigenvalue weighted by Crippen LogP contribution is -1.99. The lowest BCUT2D eigenvalue weighted by molar-refractivity contribution is 0.414. The molecule has 0 saturated heterocycles. The molecule has 0 aliphatic rings. The van der Waals surface area contributed by atoms with Crippen molar-refractivity contribution in [3.63, 3.8) is 0 Å². The molecule has 0 fully saturated rings. The van der Waals surface area contributed by atoms with Crippen LogP contribution in [0.1, 0.15) is 12.6 Å². The first-order valence-corrected chi connectivity index (χ1v) is 5.37. The van der Waals surface area contributed by atoms with E-state index in [2.05, 4.69) is 15.0 Å². The minimum Gasteiger partial charge on any atom is -0.435 e. The molecule has 0 saturated carbocycles. The summed E-state index contributed by atoms with van der Waals surface area (Å²) in [6.45, 7) is 1.80. The average molecular weight is 254 g/mol. The zero-order valence-electron chi connectivity index (χ0n) is 9.02. The van der Waals surface area contributed by atoms with Crippen LogP contribution < -0.4 is 4.74 Å². The number of hydrogen-bond donors (Lipinski definition) is 0. The molecule has 0 amide bonds. The maximum absolute atomic E-state index is 13.7. The molecule has 0 unspecified atom stereocenters. The van der Waals surface area contributed by atoms with Crippen LogP contribution in [0.5, 0.6) is 11.6 Å². The molecule has 2 heterocycles. The molecule has 2 rings (SSSR count). The van der Waals surface area contributed by atoms with E-state index < -0.39 is 5.82 Å². The van der Waals surface area contributed by atoms with Gasteiger partial charge in [0.1, 0.15) is 17.2 Å². The summed E-state index contributed by atoms with van der Waals surface area (Å²) in [6, 6.07) is 3.14. The van der Waals surface area contributed by atoms with Gasteiger partial charge in [-0.15, -0.1) is 0 Å². The van der Waals surface area contributed by atoms with Gasteiger partial charge in [0.25, 0.3) is 5.88 Å². The number of rotatable bonds is 3. The van der Waals surface area contributed by atoms with Gasteiger partial charge in [-0.05, 0) is 18.6 Å². The first kappa shape index (κ1) is 11.7. The van der Waals surface area contributed by atoms with Gasteiger partial charge in [0, 0.05) is 0 Å². The summed E-state index contributed by atoms with van der Waals surface area (Å²) in [5.74, 6) is -0.292. The molecule has 0 spiro atoms. The maximum atomic E-state index is 13.7. The number of pyridine rings is 1. The molecule has 0 aromatic carbocycles. The third kappa shape index (κ3) is 2.68. The molecule has 0 radical (unpaired) electrons. The summed E-state index contributed by atoms with van der Waals surface area (Å²) in [4.78, 5) is 11.4. The Bertz CT molecular complexity index is 519. The number of hydrogen-bond acceptors (Lipinski definition) is 4. The van der Waals surface area contributed by atoms with Gasteiger partial charge >= 0.3 is 0 Å². The zero-order chi connectivity index (χ0) is 12.3. The van der Waals surface area contributed by atoms with Gasteiger partial charge in [0.15, 0.2) is 0 Å². The SMILES string of the molecule is CCc1ncnc(Oc2ccc(Cl)nc2)c1F. The molecule has 88 valence electrons. The fraction of sp³-hybridized carbons (Fsp3) is 0.182. The van der Waals surface area contributed by atoms with Crippen molar-refractivity contribution in [2.45, 2.75) is 13.3 Å². The van der Waals surface area contributed by atoms with E-state index >= 15 is 0 Å². The highest BCUT2D eigenvalue weighted by molar-refractivity contribution is 6.29. The third-order valence-electron chi connectivity index (χ3n) is 2.08. The second-order valence-electron chi connectivity index (χ2n) is 3.21. The van der Waals surface area contributed by atoms with Crippen molar-refractivity contribution in [2.24, 2.45) is 0 Å². The summed E-state index contributed by atoms with van der Waals surface area (Å²) in [5.41, 5.74) is 0.317. The van der Waals surface area contributed by atoms with Gasteiger partial charge in [-0.1, -0.05) is 18.5 Å². The Kier molecular flexibility index (Phi) is 3.49. The lowest BCUT2D eigenvalue weighted by atomic mass is 10.3. The van der Waals surface area contributed by atoms with Crippen LogP contribution in [0.25, 0.3) is 0 Å². The highest BCUT2D eigenvalue weighted by atomic mass is 35.5. The predicted octanol–water partition coefficient (Wildman–Crippen LogP) is 3.02. The number of aryl methyl sites for hydroxylation is 1. The normalized spacial score (nSPS) is 10.3. The van der Waals surface area contributed by atoms with Gasteiger partial charge in [-0.25, -0.2) is 9.97 Å². The Labute approximate surface area is 102 Å². The van der Waals surface area contributed by atoms with Crippen LogP contribution in [0.4, 0.5) is 4.39 Å². The van der Waals surface area contributed by atoms with Crippen molar-refractivity contribution in [3.05, 3.63) is 41.3 Å². The first-order chi connectivity index (χ1) is 8.20. The molecular weight excluding hydrogens is 245 g/mol. The summed E-state index contributed by atoms with van der Waals surface area (Å²) >= 11 is 5.63. The van der Waals surface area contributed by atoms with E-state index in [1.807, 2.05) is 0 Å². The molecule has 17 heavy (non-hydrogen) atoms. The van der Waals surface area contributed by atoms with E-state index in [9.17, 15) is 4.39 Å². The van der Waals surface area contributed by atoms with E-state index in [1.54, 1.807) is 19.1 Å². The number of nitrogens with zero attached hydrogens (tertiary/aromatic N) is 3. The molecular formula is C11H9ClFN3O. The second-order valence-corrected chi connectivity index (χ2v) is 3.60. The van der Waals surface area contributed by atoms with E-state index in [4.69, 9.17) is 16.3 Å². The van der Waals surface area contributed by atoms with Gasteiger partial charge in [-0.3, -0.25) is 0 Å². The minimum atomic E-state index is -0.551. The number of halogens is 2. The summed E-state index contributed by atoms with van der Waals surface area (Å²) in [7, 11) is 0. The Morgan fingerprint density at radius 1 is 1.29 bits per heavy atom. The van der Waals surface area contributed by atoms with Gasteiger partial charge in [-0.2, -0.15) is 9.37 Å². The fourth-order valence-electron chi connectivity index (χ4n) is 1.24. The Morgan fingerprint density at radius 2 is 2.12 bits per heavy atom. The van der Waals surface area contributed by atoms with Crippen LogP contribution in [0, 0.1) is 5.82 Å². The smallest absolute Gasteiger partial charge is 0.259 e. The van der Waals surface area contributed by atoms with E-state index in [-0.39, 0.29) is 5.88 Å². The fourth-order valence-corrected chi connectivity index (χ4v) is 1.35. The van der Waals surface area contributed by atoms with Crippen LogP contribution in [-0.2, 0) is 6.42 Å². The molecule has 0 N–H and O–H groups in total. The maximum Gasteiger partial charge on any atom is 0.259 e. The molecule has 4 nitrogen and oxygen atoms in total. The Balaban J connectivity index is 2.27. The van der Waals surface area contributed by atoms with Gasteiger partial charge < -0.3 is 4.74 Å². The van der Waals surface area contributed by atoms with Crippen molar-refractivity contribution in [3.8, 4) is 11.6 Å². The standard InChI is InChI=1S/C11H9ClFN3O/c1-2-8-10(13)11(16-6-15-8)17-7-3-4-9(12)14-5-7/h3-6H,2H2,1H3. The average Bonchev–Trinajstić information content (AvgIpc) is 2.35. The van der Waals surface area contributed by atoms with Crippen LogP contribution in [0.15, 0.2) is 24.7 Å². The Morgan fingerprint density at radius 3 is 2.76 bits per heavy atom. The molecule has 2 aromatic heterocycles. The number of ether oxygens (including phenoxy) is 1.